The summed E-state index contributed by atoms with van der Waals surface area (Å²) in [6, 6.07) is 3.57. The number of ether oxygens (including phenoxy) is 3. The van der Waals surface area contributed by atoms with Crippen LogP contribution in [0, 0.1) is 11.3 Å². The molecule has 0 aliphatic rings. The standard InChI is InChI=1S/C27H36N12O4/c1-7-20-19(14-28)23(38-39(20)27-30-10-9-11-31-27)37-36-22-24(29-12-13-43-21(40)8-2)34-26(33-18(4)16-42-6)35-25(22)32-17(3)15-41-5/h8-11,17-18H,2,7,12-13,15-16H2,1,3-6H3,(H3,29,32,33,34,35). The second-order valence-corrected chi connectivity index (χ2v) is 9.16. The fourth-order valence-corrected chi connectivity index (χ4v) is 3.87. The van der Waals surface area contributed by atoms with Crippen molar-refractivity contribution in [1.29, 1.82) is 5.26 Å². The molecule has 0 saturated heterocycles. The van der Waals surface area contributed by atoms with Gasteiger partial charge < -0.3 is 30.2 Å². The Hall–Kier alpha value is -5.01. The summed E-state index contributed by atoms with van der Waals surface area (Å²) in [5, 5.41) is 32.9. The summed E-state index contributed by atoms with van der Waals surface area (Å²) in [4.78, 5) is 29.3. The van der Waals surface area contributed by atoms with Gasteiger partial charge in [-0.25, -0.2) is 14.8 Å². The lowest BCUT2D eigenvalue weighted by atomic mass is 10.2. The number of aromatic nitrogens is 6. The van der Waals surface area contributed by atoms with Crippen molar-refractivity contribution < 1.29 is 19.0 Å². The van der Waals surface area contributed by atoms with Gasteiger partial charge in [0.15, 0.2) is 17.3 Å². The first-order valence-corrected chi connectivity index (χ1v) is 13.5. The van der Waals surface area contributed by atoms with Crippen LogP contribution in [0.15, 0.2) is 41.3 Å². The number of methoxy groups -OCH3 is 2. The van der Waals surface area contributed by atoms with Crippen LogP contribution in [-0.2, 0) is 25.4 Å². The van der Waals surface area contributed by atoms with Gasteiger partial charge in [-0.05, 0) is 26.3 Å². The molecule has 0 saturated carbocycles. The summed E-state index contributed by atoms with van der Waals surface area (Å²) in [5.74, 6) is 0.731. The van der Waals surface area contributed by atoms with E-state index in [4.69, 9.17) is 14.2 Å². The number of nitrogens with one attached hydrogen (secondary N) is 3. The Morgan fingerprint density at radius 3 is 2.42 bits per heavy atom. The fraction of sp³-hybridized carbons (Fsp3) is 0.444. The lowest BCUT2D eigenvalue weighted by Gasteiger charge is -2.19. The molecular weight excluding hydrogens is 556 g/mol. The Labute approximate surface area is 249 Å². The first-order chi connectivity index (χ1) is 20.8. The molecule has 228 valence electrons. The number of azo groups is 1. The minimum absolute atomic E-state index is 0.0387. The molecule has 2 unspecified atom stereocenters. The molecule has 0 radical (unpaired) electrons. The lowest BCUT2D eigenvalue weighted by molar-refractivity contribution is -0.137. The largest absolute Gasteiger partial charge is 0.461 e. The first kappa shape index (κ1) is 32.5. The fourth-order valence-electron chi connectivity index (χ4n) is 3.87. The van der Waals surface area contributed by atoms with Crippen LogP contribution in [-0.4, -0.2) is 88.4 Å². The maximum absolute atomic E-state index is 11.5. The van der Waals surface area contributed by atoms with E-state index in [-0.39, 0.29) is 54.1 Å². The molecule has 0 aliphatic heterocycles. The van der Waals surface area contributed by atoms with E-state index in [0.717, 1.165) is 6.08 Å². The molecule has 3 heterocycles. The summed E-state index contributed by atoms with van der Waals surface area (Å²) >= 11 is 0. The zero-order valence-corrected chi connectivity index (χ0v) is 24.9. The number of hydrogen-bond donors (Lipinski definition) is 3. The van der Waals surface area contributed by atoms with Gasteiger partial charge in [-0.1, -0.05) is 13.5 Å². The number of anilines is 3. The van der Waals surface area contributed by atoms with Gasteiger partial charge in [0.2, 0.25) is 11.8 Å². The zero-order chi connectivity index (χ0) is 31.2. The van der Waals surface area contributed by atoms with Crippen LogP contribution in [0.4, 0.5) is 29.1 Å². The van der Waals surface area contributed by atoms with Gasteiger partial charge in [-0.2, -0.15) is 19.9 Å². The smallest absolute Gasteiger partial charge is 0.330 e. The molecule has 0 spiro atoms. The second-order valence-electron chi connectivity index (χ2n) is 9.16. The van der Waals surface area contributed by atoms with E-state index in [1.165, 1.54) is 4.68 Å². The Morgan fingerprint density at radius 2 is 1.79 bits per heavy atom. The van der Waals surface area contributed by atoms with Gasteiger partial charge >= 0.3 is 5.97 Å². The van der Waals surface area contributed by atoms with E-state index in [2.05, 4.69) is 63.9 Å². The predicted octanol–water partition coefficient (Wildman–Crippen LogP) is 3.34. The van der Waals surface area contributed by atoms with Gasteiger partial charge in [0.1, 0.15) is 18.2 Å². The van der Waals surface area contributed by atoms with E-state index >= 15 is 0 Å². The van der Waals surface area contributed by atoms with E-state index < -0.39 is 5.97 Å². The van der Waals surface area contributed by atoms with Gasteiger partial charge in [-0.3, -0.25) is 0 Å². The van der Waals surface area contributed by atoms with E-state index in [0.29, 0.717) is 37.1 Å². The van der Waals surface area contributed by atoms with Crippen molar-refractivity contribution in [2.45, 2.75) is 39.3 Å². The Balaban J connectivity index is 2.10. The number of esters is 1. The molecule has 0 fully saturated rings. The number of nitriles is 1. The minimum atomic E-state index is -0.551. The molecule has 3 aromatic rings. The Bertz CT molecular complexity index is 1440. The zero-order valence-electron chi connectivity index (χ0n) is 24.9. The van der Waals surface area contributed by atoms with Gasteiger partial charge in [0, 0.05) is 44.8 Å². The summed E-state index contributed by atoms with van der Waals surface area (Å²) < 4.78 is 17.1. The number of carbonyl (C=O) groups is 1. The molecule has 2 atom stereocenters. The van der Waals surface area contributed by atoms with Crippen LogP contribution in [0.3, 0.4) is 0 Å². The first-order valence-electron chi connectivity index (χ1n) is 13.5. The molecular formula is C27H36N12O4. The third-order valence-corrected chi connectivity index (χ3v) is 5.68. The third kappa shape index (κ3) is 8.99. The second kappa shape index (κ2) is 16.4. The van der Waals surface area contributed by atoms with E-state index in [9.17, 15) is 10.1 Å². The highest BCUT2D eigenvalue weighted by atomic mass is 16.5. The van der Waals surface area contributed by atoms with Crippen LogP contribution >= 0.6 is 0 Å². The van der Waals surface area contributed by atoms with Crippen LogP contribution < -0.4 is 16.0 Å². The maximum Gasteiger partial charge on any atom is 0.330 e. The van der Waals surface area contributed by atoms with Crippen molar-refractivity contribution in [2.24, 2.45) is 10.2 Å². The van der Waals surface area contributed by atoms with Gasteiger partial charge in [0.25, 0.3) is 5.95 Å². The van der Waals surface area contributed by atoms with Crippen molar-refractivity contribution in [2.75, 3.05) is 56.5 Å². The maximum atomic E-state index is 11.5. The van der Waals surface area contributed by atoms with Crippen molar-refractivity contribution in [3.8, 4) is 12.0 Å². The van der Waals surface area contributed by atoms with Crippen LogP contribution in [0.1, 0.15) is 32.0 Å². The summed E-state index contributed by atoms with van der Waals surface area (Å²) in [5.41, 5.74) is 1.05. The molecule has 0 aliphatic carbocycles. The Kier molecular flexibility index (Phi) is 12.4. The van der Waals surface area contributed by atoms with Gasteiger partial charge in [0.05, 0.1) is 25.5 Å². The Morgan fingerprint density at radius 1 is 1.12 bits per heavy atom. The molecule has 3 rings (SSSR count). The summed E-state index contributed by atoms with van der Waals surface area (Å²) in [7, 11) is 3.20. The molecule has 3 aromatic heterocycles. The summed E-state index contributed by atoms with van der Waals surface area (Å²) in [6.45, 7) is 10.2. The number of nitrogens with zero attached hydrogens (tertiary/aromatic N) is 9. The molecule has 0 amide bonds. The van der Waals surface area contributed by atoms with Crippen LogP contribution in [0.25, 0.3) is 5.95 Å². The number of hydrogen-bond acceptors (Lipinski definition) is 15. The minimum Gasteiger partial charge on any atom is -0.461 e. The van der Waals surface area contributed by atoms with Crippen molar-refractivity contribution in [1.82, 2.24) is 29.7 Å². The topological polar surface area (TPSA) is 199 Å². The van der Waals surface area contributed by atoms with Crippen LogP contribution in [0.5, 0.6) is 0 Å². The molecule has 43 heavy (non-hydrogen) atoms. The highest BCUT2D eigenvalue weighted by molar-refractivity contribution is 5.81. The normalized spacial score (nSPS) is 12.4. The average molecular weight is 593 g/mol. The number of rotatable bonds is 17. The molecule has 16 nitrogen and oxygen atoms in total. The monoisotopic (exact) mass is 592 g/mol. The van der Waals surface area contributed by atoms with Crippen molar-refractivity contribution >= 4 is 35.1 Å². The van der Waals surface area contributed by atoms with Crippen LogP contribution in [0.2, 0.25) is 0 Å². The van der Waals surface area contributed by atoms with Crippen molar-refractivity contribution in [3.63, 3.8) is 0 Å². The quantitative estimate of drug-likeness (QED) is 0.0893. The van der Waals surface area contributed by atoms with Gasteiger partial charge in [-0.15, -0.1) is 15.3 Å². The SMILES string of the molecule is C=CC(=O)OCCNc1nc(NC(C)COC)nc(NC(C)COC)c1N=Nc1nn(-c2ncccn2)c(CC)c1C#N. The molecule has 3 N–H and O–H groups in total. The summed E-state index contributed by atoms with van der Waals surface area (Å²) in [6.07, 6.45) is 4.73. The van der Waals surface area contributed by atoms with Crippen molar-refractivity contribution in [3.05, 3.63) is 42.4 Å². The molecule has 16 heteroatoms. The van der Waals surface area contributed by atoms with E-state index in [1.807, 2.05) is 20.8 Å². The highest BCUT2D eigenvalue weighted by Gasteiger charge is 2.21. The molecule has 0 aromatic carbocycles. The number of carbonyl (C=O) groups excluding carboxylic acids is 1. The third-order valence-electron chi connectivity index (χ3n) is 5.68. The average Bonchev–Trinajstić information content (AvgIpc) is 3.36. The highest BCUT2D eigenvalue weighted by Crippen LogP contribution is 2.35. The predicted molar refractivity (Wildman–Crippen MR) is 159 cm³/mol. The van der Waals surface area contributed by atoms with E-state index in [1.54, 1.807) is 32.7 Å². The molecule has 0 bridgehead atoms. The lowest BCUT2D eigenvalue weighted by Crippen LogP contribution is -2.25.